The maximum absolute atomic E-state index is 9.76. The van der Waals surface area contributed by atoms with Crippen LogP contribution in [-0.2, 0) is 0 Å². The lowest BCUT2D eigenvalue weighted by molar-refractivity contribution is 0.476. The minimum absolute atomic E-state index is 0.241. The first-order valence-electron chi connectivity index (χ1n) is 4.71. The Kier molecular flexibility index (Phi) is 3.61. The molecule has 2 nitrogen and oxygen atoms in total. The fourth-order valence-electron chi connectivity index (χ4n) is 1.29. The van der Waals surface area contributed by atoms with Crippen LogP contribution in [-0.4, -0.2) is 10.2 Å². The molecule has 2 rings (SSSR count). The van der Waals surface area contributed by atoms with Crippen molar-refractivity contribution in [1.29, 1.82) is 0 Å². The van der Waals surface area contributed by atoms with Crippen molar-refractivity contribution < 1.29 is 10.2 Å². The van der Waals surface area contributed by atoms with Crippen molar-refractivity contribution in [3.63, 3.8) is 0 Å². The molecule has 5 heteroatoms. The van der Waals surface area contributed by atoms with Gasteiger partial charge < -0.3 is 10.2 Å². The molecule has 0 aliphatic heterocycles. The van der Waals surface area contributed by atoms with Crippen LogP contribution in [0.5, 0.6) is 10.1 Å². The molecule has 0 spiro atoms. The van der Waals surface area contributed by atoms with E-state index < -0.39 is 0 Å². The Hall–Kier alpha value is -1.17. The van der Waals surface area contributed by atoms with Gasteiger partial charge in [-0.3, -0.25) is 0 Å². The molecule has 2 heterocycles. The second kappa shape index (κ2) is 5.00. The summed E-state index contributed by atoms with van der Waals surface area (Å²) < 4.78 is 0. The highest BCUT2D eigenvalue weighted by atomic mass is 32.2. The largest absolute Gasteiger partial charge is 0.499 e. The molecule has 0 bridgehead atoms. The lowest BCUT2D eigenvalue weighted by atomic mass is 10.3. The molecule has 0 saturated heterocycles. The first-order valence-corrected chi connectivity index (χ1v) is 7.28. The van der Waals surface area contributed by atoms with Crippen molar-refractivity contribution in [2.45, 2.75) is 9.79 Å². The molecule has 0 fully saturated rings. The second-order valence-electron chi connectivity index (χ2n) is 3.16. The van der Waals surface area contributed by atoms with E-state index in [1.807, 2.05) is 10.8 Å². The predicted octanol–water partition coefficient (Wildman–Crippen LogP) is 4.66. The van der Waals surface area contributed by atoms with Crippen LogP contribution in [0.25, 0.3) is 12.2 Å². The Morgan fingerprint density at radius 2 is 1.35 bits per heavy atom. The fourth-order valence-corrected chi connectivity index (χ4v) is 4.23. The lowest BCUT2D eigenvalue weighted by Gasteiger charge is -2.02. The maximum Gasteiger partial charge on any atom is 0.186 e. The molecule has 0 atom stereocenters. The average Bonchev–Trinajstić information content (AvgIpc) is 2.85. The van der Waals surface area contributed by atoms with Gasteiger partial charge in [-0.1, -0.05) is 37.1 Å². The van der Waals surface area contributed by atoms with Crippen LogP contribution in [0.2, 0.25) is 0 Å². The molecular weight excluding hydrogens is 272 g/mol. The predicted molar refractivity (Wildman–Crippen MR) is 76.3 cm³/mol. The summed E-state index contributed by atoms with van der Waals surface area (Å²) in [4.78, 5) is 1.45. The molecule has 2 aromatic heterocycles. The third kappa shape index (κ3) is 2.26. The van der Waals surface area contributed by atoms with E-state index in [1.165, 1.54) is 34.4 Å². The molecule has 0 aromatic carbocycles. The van der Waals surface area contributed by atoms with Gasteiger partial charge in [-0.15, -0.1) is 22.7 Å². The first-order chi connectivity index (χ1) is 8.17. The Morgan fingerprint density at radius 1 is 0.941 bits per heavy atom. The third-order valence-electron chi connectivity index (χ3n) is 2.15. The van der Waals surface area contributed by atoms with Crippen molar-refractivity contribution in [1.82, 2.24) is 0 Å². The van der Waals surface area contributed by atoms with Crippen molar-refractivity contribution in [3.05, 3.63) is 35.0 Å². The van der Waals surface area contributed by atoms with Gasteiger partial charge in [-0.25, -0.2) is 0 Å². The SMILES string of the molecule is C=Cc1csc(O)c1Sc1c(C=C)csc1O. The topological polar surface area (TPSA) is 40.5 Å². The van der Waals surface area contributed by atoms with Gasteiger partial charge in [0.15, 0.2) is 10.1 Å². The molecule has 0 radical (unpaired) electrons. The summed E-state index contributed by atoms with van der Waals surface area (Å²) in [5, 5.41) is 23.7. The number of thiophene rings is 2. The van der Waals surface area contributed by atoms with E-state index in [2.05, 4.69) is 13.2 Å². The van der Waals surface area contributed by atoms with Gasteiger partial charge in [0.25, 0.3) is 0 Å². The zero-order valence-electron chi connectivity index (χ0n) is 8.84. The van der Waals surface area contributed by atoms with Crippen LogP contribution < -0.4 is 0 Å². The molecular formula is C12H10O2S3. The molecule has 0 unspecified atom stereocenters. The van der Waals surface area contributed by atoms with Gasteiger partial charge in [-0.05, 0) is 0 Å². The number of aromatic hydroxyl groups is 2. The summed E-state index contributed by atoms with van der Waals surface area (Å²) in [7, 11) is 0. The van der Waals surface area contributed by atoms with Gasteiger partial charge in [0.05, 0.1) is 9.79 Å². The highest BCUT2D eigenvalue weighted by molar-refractivity contribution is 8.00. The van der Waals surface area contributed by atoms with Crippen molar-refractivity contribution in [3.8, 4) is 10.1 Å². The Labute approximate surface area is 112 Å². The zero-order chi connectivity index (χ0) is 12.4. The van der Waals surface area contributed by atoms with Crippen LogP contribution in [0.3, 0.4) is 0 Å². The molecule has 0 aliphatic rings. The monoisotopic (exact) mass is 282 g/mol. The van der Waals surface area contributed by atoms with Crippen molar-refractivity contribution in [2.24, 2.45) is 0 Å². The summed E-state index contributed by atoms with van der Waals surface area (Å²) in [5.74, 6) is 0. The van der Waals surface area contributed by atoms with E-state index in [9.17, 15) is 10.2 Å². The minimum Gasteiger partial charge on any atom is -0.499 e. The molecule has 0 amide bonds. The first kappa shape index (κ1) is 12.3. The second-order valence-corrected chi connectivity index (χ2v) is 5.90. The highest BCUT2D eigenvalue weighted by Gasteiger charge is 2.16. The van der Waals surface area contributed by atoms with Gasteiger partial charge >= 0.3 is 0 Å². The van der Waals surface area contributed by atoms with Gasteiger partial charge in [0.2, 0.25) is 0 Å². The van der Waals surface area contributed by atoms with E-state index in [0.717, 1.165) is 20.9 Å². The lowest BCUT2D eigenvalue weighted by Crippen LogP contribution is -1.75. The van der Waals surface area contributed by atoms with Crippen molar-refractivity contribution >= 4 is 46.6 Å². The fraction of sp³-hybridized carbons (Fsp3) is 0. The minimum atomic E-state index is 0.241. The quantitative estimate of drug-likeness (QED) is 0.857. The highest BCUT2D eigenvalue weighted by Crippen LogP contribution is 2.48. The average molecular weight is 282 g/mol. The van der Waals surface area contributed by atoms with Crippen LogP contribution in [0, 0.1) is 0 Å². The number of hydrogen-bond acceptors (Lipinski definition) is 5. The van der Waals surface area contributed by atoms with E-state index in [1.54, 1.807) is 12.2 Å². The summed E-state index contributed by atoms with van der Waals surface area (Å²) in [6.07, 6.45) is 3.38. The van der Waals surface area contributed by atoms with E-state index in [0.29, 0.717) is 0 Å². The standard InChI is InChI=1S/C12H10O2S3/c1-3-7-5-15-11(13)9(7)17-10-8(4-2)6-16-12(10)14/h3-6,13-14H,1-2H2. The Balaban J connectivity index is 2.43. The van der Waals surface area contributed by atoms with E-state index >= 15 is 0 Å². The van der Waals surface area contributed by atoms with Gasteiger partial charge in [-0.2, -0.15) is 0 Å². The summed E-state index contributed by atoms with van der Waals surface area (Å²) in [6.45, 7) is 7.40. The van der Waals surface area contributed by atoms with E-state index in [4.69, 9.17) is 0 Å². The summed E-state index contributed by atoms with van der Waals surface area (Å²) >= 11 is 3.85. The maximum atomic E-state index is 9.76. The Bertz CT molecular complexity index is 516. The molecule has 0 aliphatic carbocycles. The Morgan fingerprint density at radius 3 is 1.71 bits per heavy atom. The van der Waals surface area contributed by atoms with Crippen LogP contribution in [0.4, 0.5) is 0 Å². The zero-order valence-corrected chi connectivity index (χ0v) is 11.3. The number of hydrogen-bond donors (Lipinski definition) is 2. The molecule has 88 valence electrons. The van der Waals surface area contributed by atoms with E-state index in [-0.39, 0.29) is 10.1 Å². The smallest absolute Gasteiger partial charge is 0.186 e. The molecule has 2 N–H and O–H groups in total. The summed E-state index contributed by atoms with van der Waals surface area (Å²) in [5.41, 5.74) is 1.75. The van der Waals surface area contributed by atoms with Crippen LogP contribution >= 0.6 is 34.4 Å². The van der Waals surface area contributed by atoms with Crippen LogP contribution in [0.15, 0.2) is 33.7 Å². The summed E-state index contributed by atoms with van der Waals surface area (Å²) in [6, 6.07) is 0. The van der Waals surface area contributed by atoms with Crippen molar-refractivity contribution in [2.75, 3.05) is 0 Å². The number of rotatable bonds is 4. The normalized spacial score (nSPS) is 10.4. The van der Waals surface area contributed by atoms with Gasteiger partial charge in [0.1, 0.15) is 0 Å². The molecule has 17 heavy (non-hydrogen) atoms. The van der Waals surface area contributed by atoms with Crippen LogP contribution in [0.1, 0.15) is 11.1 Å². The molecule has 2 aromatic rings. The molecule has 0 saturated carbocycles. The van der Waals surface area contributed by atoms with Gasteiger partial charge in [0, 0.05) is 21.9 Å². The third-order valence-corrected chi connectivity index (χ3v) is 5.27.